The van der Waals surface area contributed by atoms with Crippen molar-refractivity contribution in [3.63, 3.8) is 0 Å². The quantitative estimate of drug-likeness (QED) is 0.428. The number of nitrogens with one attached hydrogen (secondary N) is 1. The van der Waals surface area contributed by atoms with Crippen LogP contribution in [0.1, 0.15) is 10.6 Å². The van der Waals surface area contributed by atoms with Crippen LogP contribution in [-0.2, 0) is 0 Å². The van der Waals surface area contributed by atoms with Gasteiger partial charge in [-0.2, -0.15) is 0 Å². The van der Waals surface area contributed by atoms with E-state index in [0.717, 1.165) is 44.0 Å². The highest BCUT2D eigenvalue weighted by Crippen LogP contribution is 2.30. The minimum Gasteiger partial charge on any atom is -0.497 e. The lowest BCUT2D eigenvalue weighted by Crippen LogP contribution is -2.48. The van der Waals surface area contributed by atoms with Gasteiger partial charge in [0, 0.05) is 55.9 Å². The molecule has 2 heterocycles. The van der Waals surface area contributed by atoms with Gasteiger partial charge in [-0.15, -0.1) is 0 Å². The fourth-order valence-electron chi connectivity index (χ4n) is 4.68. The number of anilines is 1. The maximum atomic E-state index is 13.2. The van der Waals surface area contributed by atoms with Crippen LogP contribution in [0.4, 0.5) is 5.69 Å². The van der Waals surface area contributed by atoms with E-state index >= 15 is 0 Å². The number of rotatable bonds is 7. The van der Waals surface area contributed by atoms with E-state index in [0.29, 0.717) is 22.9 Å². The van der Waals surface area contributed by atoms with Crippen molar-refractivity contribution in [1.29, 1.82) is 0 Å². The highest BCUT2D eigenvalue weighted by atomic mass is 16.5. The Morgan fingerprint density at radius 3 is 2.25 bits per heavy atom. The van der Waals surface area contributed by atoms with Gasteiger partial charge in [-0.25, -0.2) is 4.79 Å². The molecule has 1 saturated heterocycles. The maximum Gasteiger partial charge on any atom is 0.344 e. The largest absolute Gasteiger partial charge is 0.497 e. The molecule has 0 atom stereocenters. The van der Waals surface area contributed by atoms with Crippen molar-refractivity contribution < 1.29 is 13.9 Å². The van der Waals surface area contributed by atoms with Gasteiger partial charge in [-0.3, -0.25) is 9.69 Å². The van der Waals surface area contributed by atoms with Crippen LogP contribution >= 0.6 is 0 Å². The summed E-state index contributed by atoms with van der Waals surface area (Å²) in [6.07, 6.45) is 0. The van der Waals surface area contributed by atoms with Gasteiger partial charge < -0.3 is 19.4 Å². The summed E-state index contributed by atoms with van der Waals surface area (Å²) in [7, 11) is 1.67. The van der Waals surface area contributed by atoms with Gasteiger partial charge in [0.25, 0.3) is 5.91 Å². The lowest BCUT2D eigenvalue weighted by molar-refractivity contribution is 0.0917. The molecular formula is C29H29N3O4. The molecule has 4 aromatic rings. The Bertz CT molecular complexity index is 1390. The molecular weight excluding hydrogens is 454 g/mol. The Labute approximate surface area is 209 Å². The van der Waals surface area contributed by atoms with Crippen molar-refractivity contribution in [2.45, 2.75) is 0 Å². The van der Waals surface area contributed by atoms with Gasteiger partial charge in [0.05, 0.1) is 12.5 Å². The summed E-state index contributed by atoms with van der Waals surface area (Å²) in [6, 6.07) is 24.9. The predicted molar refractivity (Wildman–Crippen MR) is 142 cm³/mol. The first-order valence-corrected chi connectivity index (χ1v) is 12.1. The van der Waals surface area contributed by atoms with E-state index in [2.05, 4.69) is 27.2 Å². The van der Waals surface area contributed by atoms with Crippen LogP contribution in [0.25, 0.3) is 21.9 Å². The first-order valence-electron chi connectivity index (χ1n) is 12.1. The molecule has 0 unspecified atom stereocenters. The lowest BCUT2D eigenvalue weighted by Gasteiger charge is -2.36. The van der Waals surface area contributed by atoms with Crippen molar-refractivity contribution in [1.82, 2.24) is 10.2 Å². The maximum absolute atomic E-state index is 13.2. The zero-order valence-corrected chi connectivity index (χ0v) is 20.3. The average molecular weight is 484 g/mol. The highest BCUT2D eigenvalue weighted by Gasteiger charge is 2.22. The number of methoxy groups -OCH3 is 1. The SMILES string of the molecule is COc1ccc(N2CCN(CCNC(=O)c3oc(=O)c4ccccc4c3-c3ccccc3)CC2)cc1. The van der Waals surface area contributed by atoms with Crippen LogP contribution in [0.15, 0.2) is 88.1 Å². The molecule has 0 aliphatic carbocycles. The Balaban J connectivity index is 1.24. The second-order valence-electron chi connectivity index (χ2n) is 8.79. The molecule has 7 heteroatoms. The number of ether oxygens (including phenoxy) is 1. The standard InChI is InChI=1S/C29H29N3O4/c1-35-23-13-11-22(12-14-23)32-19-17-31(18-20-32)16-15-30-28(33)27-26(21-7-3-2-4-8-21)24-9-5-6-10-25(24)29(34)36-27/h2-14H,15-20H2,1H3,(H,30,33). The van der Waals surface area contributed by atoms with E-state index in [1.54, 1.807) is 19.2 Å². The van der Waals surface area contributed by atoms with E-state index in [-0.39, 0.29) is 11.7 Å². The van der Waals surface area contributed by atoms with Gasteiger partial charge in [0.15, 0.2) is 0 Å². The van der Waals surface area contributed by atoms with Crippen LogP contribution in [0, 0.1) is 0 Å². The van der Waals surface area contributed by atoms with Crippen molar-refractivity contribution >= 4 is 22.4 Å². The van der Waals surface area contributed by atoms with Crippen molar-refractivity contribution in [2.75, 3.05) is 51.3 Å². The van der Waals surface area contributed by atoms with Gasteiger partial charge in [-0.1, -0.05) is 48.5 Å². The van der Waals surface area contributed by atoms with Crippen LogP contribution in [0.5, 0.6) is 5.75 Å². The monoisotopic (exact) mass is 483 g/mol. The topological polar surface area (TPSA) is 75.0 Å². The number of hydrogen-bond donors (Lipinski definition) is 1. The number of fused-ring (bicyclic) bond motifs is 1. The van der Waals surface area contributed by atoms with Crippen LogP contribution in [0.3, 0.4) is 0 Å². The van der Waals surface area contributed by atoms with E-state index in [9.17, 15) is 9.59 Å². The first-order chi connectivity index (χ1) is 17.6. The number of nitrogens with zero attached hydrogens (tertiary/aromatic N) is 2. The third kappa shape index (κ3) is 4.97. The molecule has 184 valence electrons. The van der Waals surface area contributed by atoms with Crippen molar-refractivity contribution in [3.8, 4) is 16.9 Å². The van der Waals surface area contributed by atoms with Gasteiger partial charge in [0.2, 0.25) is 5.76 Å². The molecule has 1 N–H and O–H groups in total. The zero-order valence-electron chi connectivity index (χ0n) is 20.3. The summed E-state index contributed by atoms with van der Waals surface area (Å²) in [4.78, 5) is 30.5. The number of hydrogen-bond acceptors (Lipinski definition) is 6. The molecule has 0 saturated carbocycles. The molecule has 3 aromatic carbocycles. The molecule has 0 radical (unpaired) electrons. The molecule has 1 amide bonds. The second kappa shape index (κ2) is 10.7. The van der Waals surface area contributed by atoms with Crippen LogP contribution in [0.2, 0.25) is 0 Å². The summed E-state index contributed by atoms with van der Waals surface area (Å²) >= 11 is 0. The van der Waals surface area contributed by atoms with Crippen molar-refractivity contribution in [3.05, 3.63) is 95.0 Å². The van der Waals surface area contributed by atoms with Gasteiger partial charge >= 0.3 is 5.63 Å². The number of amides is 1. The predicted octanol–water partition coefficient (Wildman–Crippen LogP) is 4.02. The Morgan fingerprint density at radius 2 is 1.56 bits per heavy atom. The molecule has 1 aliphatic rings. The third-order valence-corrected chi connectivity index (χ3v) is 6.63. The zero-order chi connectivity index (χ0) is 24.9. The second-order valence-corrected chi connectivity index (χ2v) is 8.79. The lowest BCUT2D eigenvalue weighted by atomic mass is 9.98. The van der Waals surface area contributed by atoms with Gasteiger partial charge in [-0.05, 0) is 35.9 Å². The Morgan fingerprint density at radius 1 is 0.889 bits per heavy atom. The molecule has 5 rings (SSSR count). The van der Waals surface area contributed by atoms with E-state index in [4.69, 9.17) is 9.15 Å². The summed E-state index contributed by atoms with van der Waals surface area (Å²) in [5, 5.41) is 4.13. The molecule has 1 fully saturated rings. The number of piperazine rings is 1. The summed E-state index contributed by atoms with van der Waals surface area (Å²) < 4.78 is 10.8. The normalized spacial score (nSPS) is 14.1. The van der Waals surface area contributed by atoms with E-state index in [1.165, 1.54) is 5.69 Å². The molecule has 0 bridgehead atoms. The fourth-order valence-corrected chi connectivity index (χ4v) is 4.68. The molecule has 7 nitrogen and oxygen atoms in total. The Hall–Kier alpha value is -4.10. The number of benzene rings is 3. The summed E-state index contributed by atoms with van der Waals surface area (Å²) in [5.74, 6) is 0.522. The highest BCUT2D eigenvalue weighted by molar-refractivity contribution is 6.07. The van der Waals surface area contributed by atoms with E-state index < -0.39 is 5.63 Å². The minimum atomic E-state index is -0.509. The number of carbonyl (C=O) groups is 1. The summed E-state index contributed by atoms with van der Waals surface area (Å²) in [6.45, 7) is 4.83. The average Bonchev–Trinajstić information content (AvgIpc) is 2.94. The molecule has 1 aromatic heterocycles. The minimum absolute atomic E-state index is 0.0502. The molecule has 36 heavy (non-hydrogen) atoms. The Kier molecular flexibility index (Phi) is 7.00. The fraction of sp³-hybridized carbons (Fsp3) is 0.241. The number of carbonyl (C=O) groups excluding carboxylic acids is 1. The third-order valence-electron chi connectivity index (χ3n) is 6.63. The summed E-state index contributed by atoms with van der Waals surface area (Å²) in [5.41, 5.74) is 2.14. The first kappa shape index (κ1) is 23.6. The molecule has 1 aliphatic heterocycles. The van der Waals surface area contributed by atoms with Crippen molar-refractivity contribution in [2.24, 2.45) is 0 Å². The van der Waals surface area contributed by atoms with E-state index in [1.807, 2.05) is 54.6 Å². The van der Waals surface area contributed by atoms with Crippen LogP contribution in [-0.4, -0.2) is 57.2 Å². The molecule has 0 spiro atoms. The van der Waals surface area contributed by atoms with Crippen LogP contribution < -0.4 is 20.6 Å². The smallest absolute Gasteiger partial charge is 0.344 e. The van der Waals surface area contributed by atoms with Gasteiger partial charge in [0.1, 0.15) is 5.75 Å².